The van der Waals surface area contributed by atoms with Crippen LogP contribution in [0.3, 0.4) is 0 Å². The van der Waals surface area contributed by atoms with E-state index in [0.29, 0.717) is 0 Å². The topological polar surface area (TPSA) is 46.2 Å². The van der Waals surface area contributed by atoms with Crippen molar-refractivity contribution in [3.8, 4) is 0 Å². The largest absolute Gasteiger partial charge is 0.392 e. The Hall–Kier alpha value is -0.0800. The van der Waals surface area contributed by atoms with E-state index in [9.17, 15) is 5.11 Å². The molecule has 0 aromatic heterocycles. The van der Waals surface area contributed by atoms with Crippen LogP contribution in [0.1, 0.15) is 39.0 Å². The molecule has 0 heterocycles. The van der Waals surface area contributed by atoms with Crippen LogP contribution in [0.15, 0.2) is 0 Å². The van der Waals surface area contributed by atoms with Gasteiger partial charge in [-0.05, 0) is 50.4 Å². The Bertz CT molecular complexity index is 181. The lowest BCUT2D eigenvalue weighted by Gasteiger charge is -2.25. The van der Waals surface area contributed by atoms with Gasteiger partial charge in [0.05, 0.1) is 6.10 Å². The Morgan fingerprint density at radius 3 is 2.69 bits per heavy atom. The molecule has 2 aliphatic rings. The Balaban J connectivity index is 1.74. The lowest BCUT2D eigenvalue weighted by atomic mass is 9.84. The van der Waals surface area contributed by atoms with E-state index in [0.717, 1.165) is 24.2 Å². The predicted octanol–water partition coefficient (Wildman–Crippen LogP) is 1.52. The van der Waals surface area contributed by atoms with Crippen LogP contribution < -0.4 is 5.73 Å². The van der Waals surface area contributed by atoms with Gasteiger partial charge in [-0.2, -0.15) is 0 Å². The molecular formula is C11H21NO. The number of hydrogen-bond donors (Lipinski definition) is 2. The molecule has 0 saturated heterocycles. The summed E-state index contributed by atoms with van der Waals surface area (Å²) in [6.07, 6.45) is 6.20. The number of aliphatic hydroxyl groups is 1. The number of nitrogens with two attached hydrogens (primary N) is 1. The smallest absolute Gasteiger partial charge is 0.0691 e. The normalized spacial score (nSPS) is 42.2. The molecule has 3 N–H and O–H groups in total. The molecule has 2 fully saturated rings. The van der Waals surface area contributed by atoms with Crippen LogP contribution in [0.5, 0.6) is 0 Å². The van der Waals surface area contributed by atoms with Crippen molar-refractivity contribution in [2.24, 2.45) is 23.5 Å². The van der Waals surface area contributed by atoms with Crippen molar-refractivity contribution in [1.82, 2.24) is 0 Å². The Morgan fingerprint density at radius 2 is 2.08 bits per heavy atom. The van der Waals surface area contributed by atoms with E-state index < -0.39 is 0 Å². The van der Waals surface area contributed by atoms with Gasteiger partial charge in [0.25, 0.3) is 0 Å². The molecule has 0 radical (unpaired) electrons. The van der Waals surface area contributed by atoms with Crippen molar-refractivity contribution < 1.29 is 5.11 Å². The Morgan fingerprint density at radius 1 is 1.31 bits per heavy atom. The van der Waals surface area contributed by atoms with Crippen LogP contribution in [-0.2, 0) is 0 Å². The highest BCUT2D eigenvalue weighted by atomic mass is 16.3. The van der Waals surface area contributed by atoms with E-state index >= 15 is 0 Å². The summed E-state index contributed by atoms with van der Waals surface area (Å²) in [6.45, 7) is 1.90. The van der Waals surface area contributed by atoms with E-state index in [1.165, 1.54) is 25.7 Å². The highest BCUT2D eigenvalue weighted by molar-refractivity contribution is 4.93. The lowest BCUT2D eigenvalue weighted by molar-refractivity contribution is 0.109. The maximum Gasteiger partial charge on any atom is 0.0691 e. The molecule has 2 rings (SSSR count). The second kappa shape index (κ2) is 3.58. The zero-order valence-corrected chi connectivity index (χ0v) is 8.45. The first-order valence-electron chi connectivity index (χ1n) is 5.60. The first-order chi connectivity index (χ1) is 6.16. The summed E-state index contributed by atoms with van der Waals surface area (Å²) in [4.78, 5) is 0. The van der Waals surface area contributed by atoms with Crippen molar-refractivity contribution in [2.45, 2.75) is 51.2 Å². The van der Waals surface area contributed by atoms with Crippen molar-refractivity contribution >= 4 is 0 Å². The summed E-state index contributed by atoms with van der Waals surface area (Å²) in [5.41, 5.74) is 5.65. The molecule has 0 aromatic rings. The SMILES string of the molecule is CC(N)C(O)CC1CCC2CC2C1. The molecule has 2 nitrogen and oxygen atoms in total. The van der Waals surface area contributed by atoms with Gasteiger partial charge < -0.3 is 10.8 Å². The molecule has 5 atom stereocenters. The Labute approximate surface area is 80.5 Å². The van der Waals surface area contributed by atoms with E-state index in [2.05, 4.69) is 0 Å². The third-order valence-electron chi connectivity index (χ3n) is 3.83. The molecule has 0 aliphatic heterocycles. The van der Waals surface area contributed by atoms with Crippen molar-refractivity contribution in [3.05, 3.63) is 0 Å². The van der Waals surface area contributed by atoms with Crippen LogP contribution in [0, 0.1) is 17.8 Å². The number of hydrogen-bond acceptors (Lipinski definition) is 2. The van der Waals surface area contributed by atoms with Crippen LogP contribution in [-0.4, -0.2) is 17.3 Å². The number of aliphatic hydroxyl groups excluding tert-OH is 1. The zero-order chi connectivity index (χ0) is 9.42. The second-order valence-electron chi connectivity index (χ2n) is 5.10. The molecule has 2 heteroatoms. The van der Waals surface area contributed by atoms with Gasteiger partial charge in [0.1, 0.15) is 0 Å². The van der Waals surface area contributed by atoms with Crippen molar-refractivity contribution in [2.75, 3.05) is 0 Å². The number of fused-ring (bicyclic) bond motifs is 1. The summed E-state index contributed by atoms with van der Waals surface area (Å²) < 4.78 is 0. The maximum atomic E-state index is 9.65. The van der Waals surface area contributed by atoms with Crippen LogP contribution in [0.4, 0.5) is 0 Å². The summed E-state index contributed by atoms with van der Waals surface area (Å²) in [5, 5.41) is 9.65. The maximum absolute atomic E-state index is 9.65. The summed E-state index contributed by atoms with van der Waals surface area (Å²) in [5.74, 6) is 2.83. The highest BCUT2D eigenvalue weighted by Gasteiger charge is 2.42. The van der Waals surface area contributed by atoms with Crippen LogP contribution in [0.2, 0.25) is 0 Å². The van der Waals surface area contributed by atoms with E-state index in [1.54, 1.807) is 0 Å². The van der Waals surface area contributed by atoms with Crippen molar-refractivity contribution in [1.29, 1.82) is 0 Å². The summed E-state index contributed by atoms with van der Waals surface area (Å²) in [6, 6.07) is -0.0584. The standard InChI is InChI=1S/C11H21NO/c1-7(12)11(13)5-8-2-3-9-6-10(9)4-8/h7-11,13H,2-6,12H2,1H3. The third kappa shape index (κ3) is 2.23. The van der Waals surface area contributed by atoms with Gasteiger partial charge in [-0.3, -0.25) is 0 Å². The molecule has 2 saturated carbocycles. The van der Waals surface area contributed by atoms with Crippen LogP contribution >= 0.6 is 0 Å². The average molecular weight is 183 g/mol. The Kier molecular flexibility index (Phi) is 2.61. The minimum atomic E-state index is -0.278. The van der Waals surface area contributed by atoms with Gasteiger partial charge in [-0.25, -0.2) is 0 Å². The fraction of sp³-hybridized carbons (Fsp3) is 1.00. The molecule has 0 spiro atoms. The first-order valence-corrected chi connectivity index (χ1v) is 5.60. The first kappa shape index (κ1) is 9.47. The lowest BCUT2D eigenvalue weighted by Crippen LogP contribution is -2.33. The molecule has 13 heavy (non-hydrogen) atoms. The van der Waals surface area contributed by atoms with Crippen LogP contribution in [0.25, 0.3) is 0 Å². The van der Waals surface area contributed by atoms with Crippen molar-refractivity contribution in [3.63, 3.8) is 0 Å². The molecule has 2 aliphatic carbocycles. The molecule has 76 valence electrons. The molecule has 5 unspecified atom stereocenters. The molecule has 0 bridgehead atoms. The summed E-state index contributed by atoms with van der Waals surface area (Å²) in [7, 11) is 0. The minimum Gasteiger partial charge on any atom is -0.392 e. The molecule has 0 amide bonds. The molecular weight excluding hydrogens is 162 g/mol. The van der Waals surface area contributed by atoms with Gasteiger partial charge in [-0.1, -0.05) is 6.42 Å². The van der Waals surface area contributed by atoms with Gasteiger partial charge >= 0.3 is 0 Å². The third-order valence-corrected chi connectivity index (χ3v) is 3.83. The quantitative estimate of drug-likeness (QED) is 0.697. The predicted molar refractivity (Wildman–Crippen MR) is 53.2 cm³/mol. The van der Waals surface area contributed by atoms with Gasteiger partial charge in [0.2, 0.25) is 0 Å². The highest BCUT2D eigenvalue weighted by Crippen LogP contribution is 2.52. The minimum absolute atomic E-state index is 0.0584. The van der Waals surface area contributed by atoms with Gasteiger partial charge in [0, 0.05) is 6.04 Å². The second-order valence-corrected chi connectivity index (χ2v) is 5.10. The molecule has 0 aromatic carbocycles. The van der Waals surface area contributed by atoms with E-state index in [-0.39, 0.29) is 12.1 Å². The number of rotatable bonds is 3. The van der Waals surface area contributed by atoms with Gasteiger partial charge in [-0.15, -0.1) is 0 Å². The zero-order valence-electron chi connectivity index (χ0n) is 8.45. The monoisotopic (exact) mass is 183 g/mol. The van der Waals surface area contributed by atoms with Gasteiger partial charge in [0.15, 0.2) is 0 Å². The summed E-state index contributed by atoms with van der Waals surface area (Å²) >= 11 is 0. The average Bonchev–Trinajstić information content (AvgIpc) is 2.81. The van der Waals surface area contributed by atoms with E-state index in [1.807, 2.05) is 6.92 Å². The van der Waals surface area contributed by atoms with E-state index in [4.69, 9.17) is 5.73 Å². The fourth-order valence-corrected chi connectivity index (χ4v) is 2.72. The fourth-order valence-electron chi connectivity index (χ4n) is 2.72.